The van der Waals surface area contributed by atoms with Crippen LogP contribution >= 0.6 is 23.4 Å². The fourth-order valence-electron chi connectivity index (χ4n) is 1.47. The van der Waals surface area contributed by atoms with Gasteiger partial charge >= 0.3 is 0 Å². The number of rotatable bonds is 1. The Balaban J connectivity index is 2.13. The van der Waals surface area contributed by atoms with Gasteiger partial charge in [-0.3, -0.25) is 4.99 Å². The number of anilines is 1. The van der Waals surface area contributed by atoms with E-state index >= 15 is 0 Å². The van der Waals surface area contributed by atoms with Crippen LogP contribution in [-0.2, 0) is 0 Å². The number of benzene rings is 1. The van der Waals surface area contributed by atoms with Crippen molar-refractivity contribution in [1.82, 2.24) is 0 Å². The van der Waals surface area contributed by atoms with Crippen LogP contribution in [0.5, 0.6) is 0 Å². The van der Waals surface area contributed by atoms with E-state index < -0.39 is 0 Å². The van der Waals surface area contributed by atoms with Crippen LogP contribution in [-0.4, -0.2) is 17.0 Å². The molecule has 92 valence electrons. The number of thioether (sulfide) groups is 1. The molecule has 1 aromatic rings. The molecule has 1 N–H and O–H groups in total. The molecule has 0 spiro atoms. The lowest BCUT2D eigenvalue weighted by molar-refractivity contribution is 0.537. The Hall–Kier alpha value is -0.740. The molecule has 0 aromatic heterocycles. The van der Waals surface area contributed by atoms with Gasteiger partial charge in [0.05, 0.1) is 11.7 Å². The highest BCUT2D eigenvalue weighted by molar-refractivity contribution is 8.14. The van der Waals surface area contributed by atoms with E-state index in [2.05, 4.69) is 24.2 Å². The monoisotopic (exact) mass is 272 g/mol. The molecule has 0 fully saturated rings. The predicted octanol–water partition coefficient (Wildman–Crippen LogP) is 4.02. The van der Waals surface area contributed by atoms with Crippen molar-refractivity contribution >= 4 is 34.2 Å². The van der Waals surface area contributed by atoms with Gasteiger partial charge in [0.1, 0.15) is 5.82 Å². The third-order valence-corrected chi connectivity index (χ3v) is 4.21. The van der Waals surface area contributed by atoms with Gasteiger partial charge in [0.15, 0.2) is 5.17 Å². The van der Waals surface area contributed by atoms with Crippen LogP contribution in [0, 0.1) is 11.7 Å². The number of hydrogen-bond acceptors (Lipinski definition) is 3. The first kappa shape index (κ1) is 12.7. The molecule has 2 unspecified atom stereocenters. The highest BCUT2D eigenvalue weighted by atomic mass is 35.5. The third-order valence-electron chi connectivity index (χ3n) is 2.80. The molecule has 0 radical (unpaired) electrons. The lowest BCUT2D eigenvalue weighted by Gasteiger charge is -2.23. The highest BCUT2D eigenvalue weighted by Gasteiger charge is 2.19. The maximum absolute atomic E-state index is 13.6. The van der Waals surface area contributed by atoms with E-state index in [1.807, 2.05) is 0 Å². The van der Waals surface area contributed by atoms with Gasteiger partial charge in [-0.25, -0.2) is 4.39 Å². The smallest absolute Gasteiger partial charge is 0.161 e. The second-order valence-corrected chi connectivity index (χ2v) is 5.66. The van der Waals surface area contributed by atoms with Crippen molar-refractivity contribution in [3.05, 3.63) is 29.0 Å². The summed E-state index contributed by atoms with van der Waals surface area (Å²) in [5, 5.41) is 4.18. The van der Waals surface area contributed by atoms with Crippen LogP contribution in [0.1, 0.15) is 13.8 Å². The summed E-state index contributed by atoms with van der Waals surface area (Å²) < 4.78 is 13.6. The molecule has 1 aliphatic rings. The number of nitrogens with one attached hydrogen (secondary N) is 1. The molecular formula is C12H14ClFN2S. The standard InChI is InChI=1S/C12H14ClFN2S/c1-7-6-17-12(15-8(7)2)16-11-4-3-9(13)5-10(11)14/h3-5,7-8H,6H2,1-2H3,(H,15,16). The van der Waals surface area contributed by atoms with Crippen LogP contribution in [0.4, 0.5) is 10.1 Å². The zero-order chi connectivity index (χ0) is 12.4. The van der Waals surface area contributed by atoms with E-state index in [-0.39, 0.29) is 11.9 Å². The summed E-state index contributed by atoms with van der Waals surface area (Å²) in [4.78, 5) is 4.49. The van der Waals surface area contributed by atoms with E-state index in [4.69, 9.17) is 11.6 Å². The Bertz CT molecular complexity index is 450. The molecule has 0 bridgehead atoms. The van der Waals surface area contributed by atoms with Gasteiger partial charge in [0.25, 0.3) is 0 Å². The maximum Gasteiger partial charge on any atom is 0.161 e. The summed E-state index contributed by atoms with van der Waals surface area (Å²) in [6.07, 6.45) is 0. The van der Waals surface area contributed by atoms with Crippen molar-refractivity contribution in [2.75, 3.05) is 11.1 Å². The number of halogens is 2. The number of nitrogens with zero attached hydrogens (tertiary/aromatic N) is 1. The highest BCUT2D eigenvalue weighted by Crippen LogP contribution is 2.25. The molecule has 0 saturated carbocycles. The summed E-state index contributed by atoms with van der Waals surface area (Å²) in [6, 6.07) is 4.86. The van der Waals surface area contributed by atoms with Crippen molar-refractivity contribution in [2.24, 2.45) is 10.9 Å². The van der Waals surface area contributed by atoms with Crippen molar-refractivity contribution in [3.8, 4) is 0 Å². The Labute approximate surface area is 110 Å². The minimum absolute atomic E-state index is 0.272. The second-order valence-electron chi connectivity index (χ2n) is 4.21. The average molecular weight is 273 g/mol. The Morgan fingerprint density at radius 2 is 2.24 bits per heavy atom. The molecular weight excluding hydrogens is 259 g/mol. The molecule has 1 aromatic carbocycles. The quantitative estimate of drug-likeness (QED) is 0.835. The minimum atomic E-state index is -0.355. The fourth-order valence-corrected chi connectivity index (χ4v) is 2.75. The van der Waals surface area contributed by atoms with Gasteiger partial charge in [-0.05, 0) is 31.0 Å². The van der Waals surface area contributed by atoms with Crippen molar-refractivity contribution < 1.29 is 4.39 Å². The minimum Gasteiger partial charge on any atom is -0.333 e. The molecule has 0 saturated heterocycles. The Morgan fingerprint density at radius 3 is 2.88 bits per heavy atom. The third kappa shape index (κ3) is 3.13. The van der Waals surface area contributed by atoms with Crippen molar-refractivity contribution in [3.63, 3.8) is 0 Å². The fraction of sp³-hybridized carbons (Fsp3) is 0.417. The SMILES string of the molecule is CC1CSC(Nc2ccc(Cl)cc2F)=NC1C. The summed E-state index contributed by atoms with van der Waals surface area (Å²) >= 11 is 7.32. The normalized spacial score (nSPS) is 24.4. The van der Waals surface area contributed by atoms with Gasteiger partial charge < -0.3 is 5.32 Å². The topological polar surface area (TPSA) is 24.4 Å². The van der Waals surface area contributed by atoms with Gasteiger partial charge in [-0.2, -0.15) is 0 Å². The van der Waals surface area contributed by atoms with Crippen LogP contribution in [0.25, 0.3) is 0 Å². The molecule has 17 heavy (non-hydrogen) atoms. The molecule has 1 heterocycles. The number of amidine groups is 1. The van der Waals surface area contributed by atoms with Crippen molar-refractivity contribution in [2.45, 2.75) is 19.9 Å². The summed E-state index contributed by atoms with van der Waals surface area (Å²) in [5.74, 6) is 1.20. The summed E-state index contributed by atoms with van der Waals surface area (Å²) in [7, 11) is 0. The second kappa shape index (κ2) is 5.27. The van der Waals surface area contributed by atoms with Gasteiger partial charge in [0, 0.05) is 10.8 Å². The molecule has 0 aliphatic carbocycles. The number of hydrogen-bond donors (Lipinski definition) is 1. The summed E-state index contributed by atoms with van der Waals surface area (Å²) in [6.45, 7) is 4.24. The Kier molecular flexibility index (Phi) is 3.94. The largest absolute Gasteiger partial charge is 0.333 e. The Morgan fingerprint density at radius 1 is 1.47 bits per heavy atom. The molecule has 0 amide bonds. The van der Waals surface area contributed by atoms with Crippen LogP contribution < -0.4 is 5.32 Å². The van der Waals surface area contributed by atoms with Crippen LogP contribution in [0.2, 0.25) is 5.02 Å². The van der Waals surface area contributed by atoms with E-state index in [1.54, 1.807) is 23.9 Å². The van der Waals surface area contributed by atoms with E-state index in [1.165, 1.54) is 6.07 Å². The first-order valence-corrected chi connectivity index (χ1v) is 6.85. The molecule has 1 aliphatic heterocycles. The number of aliphatic imine (C=N–C) groups is 1. The maximum atomic E-state index is 13.6. The molecule has 2 rings (SSSR count). The van der Waals surface area contributed by atoms with Gasteiger partial charge in [-0.1, -0.05) is 30.3 Å². The van der Waals surface area contributed by atoms with E-state index in [0.717, 1.165) is 10.9 Å². The molecule has 2 atom stereocenters. The zero-order valence-electron chi connectivity index (χ0n) is 9.71. The summed E-state index contributed by atoms with van der Waals surface area (Å²) in [5.41, 5.74) is 0.419. The first-order chi connectivity index (χ1) is 8.06. The lowest BCUT2D eigenvalue weighted by atomic mass is 10.1. The van der Waals surface area contributed by atoms with Crippen LogP contribution in [0.15, 0.2) is 23.2 Å². The molecule has 5 heteroatoms. The lowest BCUT2D eigenvalue weighted by Crippen LogP contribution is -2.25. The predicted molar refractivity (Wildman–Crippen MR) is 73.6 cm³/mol. The molecule has 2 nitrogen and oxygen atoms in total. The zero-order valence-corrected chi connectivity index (χ0v) is 11.3. The van der Waals surface area contributed by atoms with E-state index in [9.17, 15) is 4.39 Å². The van der Waals surface area contributed by atoms with E-state index in [0.29, 0.717) is 16.6 Å². The van der Waals surface area contributed by atoms with Gasteiger partial charge in [-0.15, -0.1) is 0 Å². The van der Waals surface area contributed by atoms with Gasteiger partial charge in [0.2, 0.25) is 0 Å². The van der Waals surface area contributed by atoms with Crippen LogP contribution in [0.3, 0.4) is 0 Å². The average Bonchev–Trinajstić information content (AvgIpc) is 2.27. The van der Waals surface area contributed by atoms with Crippen molar-refractivity contribution in [1.29, 1.82) is 0 Å². The first-order valence-electron chi connectivity index (χ1n) is 5.49.